The van der Waals surface area contributed by atoms with Crippen LogP contribution in [0.1, 0.15) is 28.8 Å². The molecule has 0 saturated carbocycles. The zero-order valence-corrected chi connectivity index (χ0v) is 16.7. The van der Waals surface area contributed by atoms with Crippen LogP contribution < -0.4 is 15.5 Å². The number of anilines is 2. The molecule has 1 aliphatic heterocycles. The second-order valence-corrected chi connectivity index (χ2v) is 7.16. The lowest BCUT2D eigenvalue weighted by molar-refractivity contribution is 0.0975. The van der Waals surface area contributed by atoms with Gasteiger partial charge in [0, 0.05) is 37.6 Å². The molecule has 148 valence electrons. The molecule has 1 saturated heterocycles. The van der Waals surface area contributed by atoms with Crippen LogP contribution in [0.3, 0.4) is 0 Å². The van der Waals surface area contributed by atoms with E-state index in [0.717, 1.165) is 36.4 Å². The Kier molecular flexibility index (Phi) is 6.66. The van der Waals surface area contributed by atoms with Crippen LogP contribution in [0.4, 0.5) is 11.4 Å². The summed E-state index contributed by atoms with van der Waals surface area (Å²) in [5.41, 5.74) is 3.55. The molecule has 28 heavy (non-hydrogen) atoms. The van der Waals surface area contributed by atoms with E-state index in [1.54, 1.807) is 6.07 Å². The Hall–Kier alpha value is -2.86. The smallest absolute Gasteiger partial charge is 0.258 e. The average Bonchev–Trinajstić information content (AvgIpc) is 3.21. The summed E-state index contributed by atoms with van der Waals surface area (Å²) in [5.74, 6) is 0.237. The second-order valence-electron chi connectivity index (χ2n) is 7.16. The maximum atomic E-state index is 12.8. The van der Waals surface area contributed by atoms with Gasteiger partial charge in [-0.15, -0.1) is 0 Å². The number of benzene rings is 2. The number of hydrogen-bond acceptors (Lipinski definition) is 4. The van der Waals surface area contributed by atoms with E-state index in [2.05, 4.69) is 15.6 Å². The molecule has 2 aromatic rings. The van der Waals surface area contributed by atoms with Gasteiger partial charge in [0.2, 0.25) is 5.96 Å². The van der Waals surface area contributed by atoms with Crippen molar-refractivity contribution < 1.29 is 9.53 Å². The summed E-state index contributed by atoms with van der Waals surface area (Å²) in [6.07, 6.45) is 2.17. The van der Waals surface area contributed by atoms with Crippen molar-refractivity contribution >= 4 is 23.2 Å². The maximum Gasteiger partial charge on any atom is 0.258 e. The zero-order chi connectivity index (χ0) is 19.9. The predicted molar refractivity (Wildman–Crippen MR) is 114 cm³/mol. The largest absolute Gasteiger partial charge is 0.378 e. The third-order valence-corrected chi connectivity index (χ3v) is 4.73. The van der Waals surface area contributed by atoms with Crippen molar-refractivity contribution in [1.29, 1.82) is 0 Å². The molecule has 1 aliphatic rings. The highest BCUT2D eigenvalue weighted by Crippen LogP contribution is 2.16. The summed E-state index contributed by atoms with van der Waals surface area (Å²) >= 11 is 0. The maximum absolute atomic E-state index is 12.8. The Morgan fingerprint density at radius 2 is 2.04 bits per heavy atom. The first-order chi connectivity index (χ1) is 13.5. The molecule has 0 aliphatic carbocycles. The van der Waals surface area contributed by atoms with Gasteiger partial charge in [-0.05, 0) is 49.6 Å². The number of hydrogen-bond donors (Lipinski definition) is 2. The van der Waals surface area contributed by atoms with E-state index in [0.29, 0.717) is 18.1 Å². The van der Waals surface area contributed by atoms with Crippen LogP contribution in [0.2, 0.25) is 0 Å². The van der Waals surface area contributed by atoms with Crippen LogP contribution in [0.25, 0.3) is 0 Å². The SMILES string of the molecule is Cc1ccccc1NC(=NCC1CCCO1)NC(=O)c1cccc(N(C)C)c1. The monoisotopic (exact) mass is 380 g/mol. The fourth-order valence-corrected chi connectivity index (χ4v) is 3.04. The van der Waals surface area contributed by atoms with Crippen molar-refractivity contribution in [2.45, 2.75) is 25.9 Å². The highest BCUT2D eigenvalue weighted by molar-refractivity contribution is 6.10. The first-order valence-electron chi connectivity index (χ1n) is 9.60. The molecule has 1 atom stereocenters. The Balaban J connectivity index is 1.77. The molecule has 0 aromatic heterocycles. The molecule has 1 amide bonds. The zero-order valence-electron chi connectivity index (χ0n) is 16.7. The summed E-state index contributed by atoms with van der Waals surface area (Å²) in [7, 11) is 3.90. The van der Waals surface area contributed by atoms with Gasteiger partial charge < -0.3 is 15.0 Å². The molecular weight excluding hydrogens is 352 g/mol. The van der Waals surface area contributed by atoms with Gasteiger partial charge in [0.05, 0.1) is 12.6 Å². The van der Waals surface area contributed by atoms with Gasteiger partial charge in [0.1, 0.15) is 0 Å². The predicted octanol–water partition coefficient (Wildman–Crippen LogP) is 3.44. The fourth-order valence-electron chi connectivity index (χ4n) is 3.04. The number of nitrogens with one attached hydrogen (secondary N) is 2. The van der Waals surface area contributed by atoms with E-state index in [1.165, 1.54) is 0 Å². The Bertz CT molecular complexity index is 842. The van der Waals surface area contributed by atoms with Crippen molar-refractivity contribution in [3.63, 3.8) is 0 Å². The minimum absolute atomic E-state index is 0.114. The quantitative estimate of drug-likeness (QED) is 0.616. The number of aryl methyl sites for hydroxylation is 1. The third kappa shape index (κ3) is 5.33. The number of rotatable bonds is 5. The molecule has 2 N–H and O–H groups in total. The summed E-state index contributed by atoms with van der Waals surface area (Å²) in [4.78, 5) is 19.4. The lowest BCUT2D eigenvalue weighted by Gasteiger charge is -2.16. The first-order valence-corrected chi connectivity index (χ1v) is 9.60. The van der Waals surface area contributed by atoms with Gasteiger partial charge in [0.15, 0.2) is 0 Å². The lowest BCUT2D eigenvalue weighted by Crippen LogP contribution is -2.37. The molecule has 2 aromatic carbocycles. The molecule has 6 heteroatoms. The first kappa shape index (κ1) is 19.9. The molecule has 1 unspecified atom stereocenters. The number of aliphatic imine (C=N–C) groups is 1. The van der Waals surface area contributed by atoms with Crippen LogP contribution in [-0.2, 0) is 4.74 Å². The number of nitrogens with zero attached hydrogens (tertiary/aromatic N) is 2. The van der Waals surface area contributed by atoms with Crippen LogP contribution in [-0.4, -0.2) is 45.2 Å². The summed E-state index contributed by atoms with van der Waals surface area (Å²) in [5, 5.41) is 6.19. The number of para-hydroxylation sites is 1. The molecule has 0 bridgehead atoms. The molecule has 0 radical (unpaired) electrons. The Labute approximate surface area is 166 Å². The van der Waals surface area contributed by atoms with Crippen LogP contribution in [0.5, 0.6) is 0 Å². The molecule has 6 nitrogen and oxygen atoms in total. The van der Waals surface area contributed by atoms with Crippen molar-refractivity contribution in [3.05, 3.63) is 59.7 Å². The van der Waals surface area contributed by atoms with Gasteiger partial charge in [-0.2, -0.15) is 0 Å². The molecule has 1 heterocycles. The van der Waals surface area contributed by atoms with Gasteiger partial charge >= 0.3 is 0 Å². The minimum Gasteiger partial charge on any atom is -0.378 e. The van der Waals surface area contributed by atoms with Crippen molar-refractivity contribution in [2.75, 3.05) is 37.5 Å². The van der Waals surface area contributed by atoms with Gasteiger partial charge in [-0.25, -0.2) is 4.99 Å². The van der Waals surface area contributed by atoms with Gasteiger partial charge in [-0.3, -0.25) is 10.1 Å². The van der Waals surface area contributed by atoms with E-state index in [1.807, 2.05) is 68.4 Å². The minimum atomic E-state index is -0.198. The topological polar surface area (TPSA) is 66.0 Å². The third-order valence-electron chi connectivity index (χ3n) is 4.73. The summed E-state index contributed by atoms with van der Waals surface area (Å²) in [6, 6.07) is 15.4. The summed E-state index contributed by atoms with van der Waals surface area (Å²) < 4.78 is 5.66. The summed E-state index contributed by atoms with van der Waals surface area (Å²) in [6.45, 7) is 3.32. The standard InChI is InChI=1S/C22H28N4O2/c1-16-8-4-5-12-20(16)24-22(23-15-19-11-7-13-28-19)25-21(27)17-9-6-10-18(14-17)26(2)3/h4-6,8-10,12,14,19H,7,11,13,15H2,1-3H3,(H2,23,24,25,27). The number of carbonyl (C=O) groups is 1. The molecule has 1 fully saturated rings. The molecule has 3 rings (SSSR count). The highest BCUT2D eigenvalue weighted by Gasteiger charge is 2.16. The van der Waals surface area contributed by atoms with E-state index < -0.39 is 0 Å². The van der Waals surface area contributed by atoms with Crippen LogP contribution >= 0.6 is 0 Å². The van der Waals surface area contributed by atoms with Gasteiger partial charge in [-0.1, -0.05) is 24.3 Å². The van der Waals surface area contributed by atoms with Crippen molar-refractivity contribution in [3.8, 4) is 0 Å². The molecule has 0 spiro atoms. The second kappa shape index (κ2) is 9.37. The van der Waals surface area contributed by atoms with E-state index >= 15 is 0 Å². The highest BCUT2D eigenvalue weighted by atomic mass is 16.5. The average molecular weight is 380 g/mol. The van der Waals surface area contributed by atoms with Crippen LogP contribution in [0, 0.1) is 6.92 Å². The number of carbonyl (C=O) groups excluding carboxylic acids is 1. The fraction of sp³-hybridized carbons (Fsp3) is 0.364. The van der Waals surface area contributed by atoms with E-state index in [9.17, 15) is 4.79 Å². The Morgan fingerprint density at radius 3 is 2.75 bits per heavy atom. The van der Waals surface area contributed by atoms with Gasteiger partial charge in [0.25, 0.3) is 5.91 Å². The van der Waals surface area contributed by atoms with Crippen LogP contribution in [0.15, 0.2) is 53.5 Å². The van der Waals surface area contributed by atoms with Crippen molar-refractivity contribution in [2.24, 2.45) is 4.99 Å². The molecular formula is C22H28N4O2. The number of amides is 1. The van der Waals surface area contributed by atoms with E-state index in [4.69, 9.17) is 4.74 Å². The Morgan fingerprint density at radius 1 is 1.21 bits per heavy atom. The number of ether oxygens (including phenoxy) is 1. The normalized spacial score (nSPS) is 16.7. The lowest BCUT2D eigenvalue weighted by atomic mass is 10.2. The number of guanidine groups is 1. The van der Waals surface area contributed by atoms with Crippen molar-refractivity contribution in [1.82, 2.24) is 5.32 Å². The van der Waals surface area contributed by atoms with E-state index in [-0.39, 0.29) is 12.0 Å².